The Morgan fingerprint density at radius 2 is 1.83 bits per heavy atom. The average molecular weight is 411 g/mol. The quantitative estimate of drug-likeness (QED) is 0.400. The molecule has 0 saturated carbocycles. The van der Waals surface area contributed by atoms with Crippen molar-refractivity contribution in [3.8, 4) is 0 Å². The van der Waals surface area contributed by atoms with Gasteiger partial charge in [0, 0.05) is 45.5 Å². The molecule has 2 N–H and O–H groups in total. The third kappa shape index (κ3) is 5.85. The van der Waals surface area contributed by atoms with Crippen molar-refractivity contribution in [2.45, 2.75) is 13.0 Å². The van der Waals surface area contributed by atoms with Crippen LogP contribution in [0.5, 0.6) is 0 Å². The van der Waals surface area contributed by atoms with Gasteiger partial charge in [-0.25, -0.2) is 15.4 Å². The minimum atomic E-state index is -0.648. The molecular weight excluding hydrogens is 386 g/mol. The zero-order chi connectivity index (χ0) is 21.3. The first-order valence-electron chi connectivity index (χ1n) is 9.69. The van der Waals surface area contributed by atoms with Crippen molar-refractivity contribution in [1.29, 1.82) is 0 Å². The van der Waals surface area contributed by atoms with Gasteiger partial charge in [-0.3, -0.25) is 19.7 Å². The third-order valence-corrected chi connectivity index (χ3v) is 4.84. The highest BCUT2D eigenvalue weighted by Crippen LogP contribution is 2.15. The van der Waals surface area contributed by atoms with Crippen LogP contribution in [0.3, 0.4) is 0 Å². The minimum Gasteiger partial charge on any atom is -0.464 e. The Kier molecular flexibility index (Phi) is 7.47. The van der Waals surface area contributed by atoms with Gasteiger partial charge in [-0.1, -0.05) is 42.5 Å². The molecule has 1 unspecified atom stereocenters. The fraction of sp³-hybridized carbons (Fsp3) is 0.333. The summed E-state index contributed by atoms with van der Waals surface area (Å²) in [6.45, 7) is 4.58. The first kappa shape index (κ1) is 21.4. The molecule has 1 aliphatic rings. The van der Waals surface area contributed by atoms with E-state index in [1.807, 2.05) is 41.3 Å². The van der Waals surface area contributed by atoms with E-state index >= 15 is 0 Å². The minimum absolute atomic E-state index is 0.0344. The number of rotatable bonds is 7. The van der Waals surface area contributed by atoms with Crippen LogP contribution in [0.15, 0.2) is 48.8 Å². The number of piperazine rings is 1. The van der Waals surface area contributed by atoms with Gasteiger partial charge in [-0.05, 0) is 5.56 Å². The van der Waals surface area contributed by atoms with Gasteiger partial charge >= 0.3 is 5.97 Å². The molecule has 9 heteroatoms. The highest BCUT2D eigenvalue weighted by molar-refractivity contribution is 5.92. The van der Waals surface area contributed by atoms with Gasteiger partial charge in [0.1, 0.15) is 6.61 Å². The van der Waals surface area contributed by atoms with Gasteiger partial charge in [0.25, 0.3) is 5.91 Å². The van der Waals surface area contributed by atoms with E-state index in [0.29, 0.717) is 25.6 Å². The van der Waals surface area contributed by atoms with E-state index in [1.165, 1.54) is 19.3 Å². The number of esters is 1. The van der Waals surface area contributed by atoms with Crippen molar-refractivity contribution in [3.05, 3.63) is 59.9 Å². The number of ether oxygens (including phenoxy) is 1. The SMILES string of the molecule is CC(=O)OCC(C=Cc1ccccc1)N1CCN(c2ncc(C(=O)NO)cn2)CC1. The van der Waals surface area contributed by atoms with E-state index in [-0.39, 0.29) is 17.6 Å². The van der Waals surface area contributed by atoms with Crippen LogP contribution < -0.4 is 10.4 Å². The molecule has 1 fully saturated rings. The van der Waals surface area contributed by atoms with Crippen LogP contribution in [0.2, 0.25) is 0 Å². The Bertz CT molecular complexity index is 865. The average Bonchev–Trinajstić information content (AvgIpc) is 2.79. The number of nitrogens with zero attached hydrogens (tertiary/aromatic N) is 4. The zero-order valence-corrected chi connectivity index (χ0v) is 16.8. The van der Waals surface area contributed by atoms with Crippen molar-refractivity contribution in [2.24, 2.45) is 0 Å². The molecule has 9 nitrogen and oxygen atoms in total. The van der Waals surface area contributed by atoms with E-state index in [1.54, 1.807) is 5.48 Å². The predicted molar refractivity (Wildman–Crippen MR) is 111 cm³/mol. The summed E-state index contributed by atoms with van der Waals surface area (Å²) in [5.74, 6) is -0.419. The van der Waals surface area contributed by atoms with Gasteiger partial charge in [-0.2, -0.15) is 0 Å². The molecular formula is C21H25N5O4. The summed E-state index contributed by atoms with van der Waals surface area (Å²) in [7, 11) is 0. The second-order valence-electron chi connectivity index (χ2n) is 6.88. The number of hydrogen-bond donors (Lipinski definition) is 2. The highest BCUT2D eigenvalue weighted by atomic mass is 16.5. The fourth-order valence-electron chi connectivity index (χ4n) is 3.19. The summed E-state index contributed by atoms with van der Waals surface area (Å²) in [4.78, 5) is 35.4. The molecule has 1 saturated heterocycles. The van der Waals surface area contributed by atoms with Crippen LogP contribution in [0.4, 0.5) is 5.95 Å². The van der Waals surface area contributed by atoms with Crippen molar-refractivity contribution in [3.63, 3.8) is 0 Å². The van der Waals surface area contributed by atoms with Crippen molar-refractivity contribution < 1.29 is 19.5 Å². The molecule has 158 valence electrons. The fourth-order valence-corrected chi connectivity index (χ4v) is 3.19. The molecule has 1 aromatic carbocycles. The van der Waals surface area contributed by atoms with Gasteiger partial charge in [0.05, 0.1) is 11.6 Å². The predicted octanol–water partition coefficient (Wildman–Crippen LogP) is 1.36. The summed E-state index contributed by atoms with van der Waals surface area (Å²) < 4.78 is 5.27. The highest BCUT2D eigenvalue weighted by Gasteiger charge is 2.24. The van der Waals surface area contributed by atoms with Gasteiger partial charge in [0.2, 0.25) is 5.95 Å². The van der Waals surface area contributed by atoms with Crippen LogP contribution in [0, 0.1) is 0 Å². The van der Waals surface area contributed by atoms with E-state index in [0.717, 1.165) is 18.7 Å². The molecule has 1 aromatic heterocycles. The molecule has 1 aliphatic heterocycles. The van der Waals surface area contributed by atoms with Gasteiger partial charge in [-0.15, -0.1) is 0 Å². The second kappa shape index (κ2) is 10.5. The summed E-state index contributed by atoms with van der Waals surface area (Å²) in [6.07, 6.45) is 6.86. The molecule has 2 heterocycles. The lowest BCUT2D eigenvalue weighted by molar-refractivity contribution is -0.142. The van der Waals surface area contributed by atoms with Crippen molar-refractivity contribution >= 4 is 23.9 Å². The number of amides is 1. The first-order chi connectivity index (χ1) is 14.6. The molecule has 1 atom stereocenters. The van der Waals surface area contributed by atoms with Crippen LogP contribution >= 0.6 is 0 Å². The lowest BCUT2D eigenvalue weighted by atomic mass is 10.1. The lowest BCUT2D eigenvalue weighted by Crippen LogP contribution is -2.51. The first-order valence-corrected chi connectivity index (χ1v) is 9.69. The number of hydrogen-bond acceptors (Lipinski definition) is 8. The Balaban J connectivity index is 1.62. The maximum atomic E-state index is 11.4. The smallest absolute Gasteiger partial charge is 0.302 e. The Hall–Kier alpha value is -3.30. The standard InChI is InChI=1S/C21H25N5O4/c1-16(27)30-15-19(8-7-17-5-3-2-4-6-17)25-9-11-26(12-10-25)21-22-13-18(14-23-21)20(28)24-29/h2-8,13-14,19,29H,9-12,15H2,1H3,(H,24,28). The van der Waals surface area contributed by atoms with Gasteiger partial charge in [0.15, 0.2) is 0 Å². The van der Waals surface area contributed by atoms with Crippen LogP contribution in [-0.4, -0.2) is 70.8 Å². The molecule has 0 radical (unpaired) electrons. The maximum Gasteiger partial charge on any atom is 0.302 e. The Morgan fingerprint density at radius 1 is 1.17 bits per heavy atom. The molecule has 0 aliphatic carbocycles. The third-order valence-electron chi connectivity index (χ3n) is 4.84. The maximum absolute atomic E-state index is 11.4. The zero-order valence-electron chi connectivity index (χ0n) is 16.8. The molecule has 0 spiro atoms. The Morgan fingerprint density at radius 3 is 2.43 bits per heavy atom. The topological polar surface area (TPSA) is 108 Å². The normalized spacial score (nSPS) is 15.7. The van der Waals surface area contributed by atoms with E-state index in [4.69, 9.17) is 9.94 Å². The number of carbonyl (C=O) groups excluding carboxylic acids is 2. The van der Waals surface area contributed by atoms with E-state index in [9.17, 15) is 9.59 Å². The molecule has 3 rings (SSSR count). The summed E-state index contributed by atoms with van der Waals surface area (Å²) in [5, 5.41) is 8.67. The number of anilines is 1. The van der Waals surface area contributed by atoms with Crippen molar-refractivity contribution in [2.75, 3.05) is 37.7 Å². The molecule has 1 amide bonds. The monoisotopic (exact) mass is 411 g/mol. The van der Waals surface area contributed by atoms with E-state index < -0.39 is 5.91 Å². The van der Waals surface area contributed by atoms with Crippen LogP contribution in [0.1, 0.15) is 22.8 Å². The number of hydroxylamine groups is 1. The lowest BCUT2D eigenvalue weighted by Gasteiger charge is -2.38. The van der Waals surface area contributed by atoms with Crippen LogP contribution in [-0.2, 0) is 9.53 Å². The van der Waals surface area contributed by atoms with Gasteiger partial charge < -0.3 is 9.64 Å². The summed E-state index contributed by atoms with van der Waals surface area (Å²) in [6, 6.07) is 9.94. The molecule has 2 aromatic rings. The van der Waals surface area contributed by atoms with Crippen molar-refractivity contribution in [1.82, 2.24) is 20.3 Å². The number of carbonyl (C=O) groups is 2. The van der Waals surface area contributed by atoms with E-state index in [2.05, 4.69) is 20.9 Å². The number of benzene rings is 1. The number of nitrogens with one attached hydrogen (secondary N) is 1. The van der Waals surface area contributed by atoms with Crippen LogP contribution in [0.25, 0.3) is 6.08 Å². The second-order valence-corrected chi connectivity index (χ2v) is 6.88. The largest absolute Gasteiger partial charge is 0.464 e. The molecule has 0 bridgehead atoms. The molecule has 30 heavy (non-hydrogen) atoms. The summed E-state index contributed by atoms with van der Waals surface area (Å²) in [5.41, 5.74) is 2.84. The Labute approximate surface area is 175 Å². The number of aromatic nitrogens is 2. The summed E-state index contributed by atoms with van der Waals surface area (Å²) >= 11 is 0.